The van der Waals surface area contributed by atoms with Crippen molar-refractivity contribution in [3.05, 3.63) is 33.0 Å². The van der Waals surface area contributed by atoms with Crippen molar-refractivity contribution in [3.8, 4) is 0 Å². The van der Waals surface area contributed by atoms with Gasteiger partial charge in [-0.05, 0) is 24.5 Å². The number of rotatable bonds is 5. The van der Waals surface area contributed by atoms with Crippen LogP contribution in [0.2, 0.25) is 0 Å². The minimum atomic E-state index is -0.600. The minimum Gasteiger partial charge on any atom is -0.364 e. The summed E-state index contributed by atoms with van der Waals surface area (Å²) in [6, 6.07) is 3.77. The standard InChI is InChI=1S/C13H15N3O2S2/c1-7(2)5-8-3-4-10(20-8)12(18)16-13-15-9(6-19-13)11(14)17/h3-4,6-7H,5H2,1-2H3,(H2,14,17)(H,15,16,18). The van der Waals surface area contributed by atoms with Gasteiger partial charge in [0.05, 0.1) is 4.88 Å². The van der Waals surface area contributed by atoms with Gasteiger partial charge in [-0.15, -0.1) is 22.7 Å². The number of thiophene rings is 1. The van der Waals surface area contributed by atoms with Gasteiger partial charge in [-0.3, -0.25) is 14.9 Å². The lowest BCUT2D eigenvalue weighted by molar-refractivity contribution is 0.0992. The SMILES string of the molecule is CC(C)Cc1ccc(C(=O)Nc2nc(C(N)=O)cs2)s1. The number of nitrogens with zero attached hydrogens (tertiary/aromatic N) is 1. The maximum absolute atomic E-state index is 12.0. The van der Waals surface area contributed by atoms with Crippen LogP contribution in [0.5, 0.6) is 0 Å². The maximum Gasteiger partial charge on any atom is 0.268 e. The zero-order valence-electron chi connectivity index (χ0n) is 11.2. The molecular formula is C13H15N3O2S2. The highest BCUT2D eigenvalue weighted by molar-refractivity contribution is 7.15. The molecule has 0 fully saturated rings. The third kappa shape index (κ3) is 3.64. The molecule has 2 amide bonds. The number of hydrogen-bond donors (Lipinski definition) is 2. The van der Waals surface area contributed by atoms with Crippen LogP contribution in [0.3, 0.4) is 0 Å². The molecule has 0 saturated carbocycles. The highest BCUT2D eigenvalue weighted by Gasteiger charge is 2.13. The van der Waals surface area contributed by atoms with E-state index in [2.05, 4.69) is 24.1 Å². The molecule has 0 aliphatic carbocycles. The number of nitrogens with two attached hydrogens (primary N) is 1. The number of primary amides is 1. The van der Waals surface area contributed by atoms with Crippen molar-refractivity contribution in [2.75, 3.05) is 5.32 Å². The smallest absolute Gasteiger partial charge is 0.268 e. The Hall–Kier alpha value is -1.73. The summed E-state index contributed by atoms with van der Waals surface area (Å²) >= 11 is 2.65. The van der Waals surface area contributed by atoms with E-state index in [0.717, 1.165) is 6.42 Å². The highest BCUT2D eigenvalue weighted by atomic mass is 32.1. The minimum absolute atomic E-state index is 0.164. The summed E-state index contributed by atoms with van der Waals surface area (Å²) in [4.78, 5) is 28.7. The molecule has 20 heavy (non-hydrogen) atoms. The molecule has 106 valence electrons. The van der Waals surface area contributed by atoms with Gasteiger partial charge in [-0.1, -0.05) is 13.8 Å². The normalized spacial score (nSPS) is 10.8. The molecule has 0 unspecified atom stereocenters. The third-order valence-electron chi connectivity index (χ3n) is 2.47. The summed E-state index contributed by atoms with van der Waals surface area (Å²) in [5.74, 6) is -0.255. The Labute approximate surface area is 124 Å². The average Bonchev–Trinajstić information content (AvgIpc) is 2.97. The van der Waals surface area contributed by atoms with E-state index in [1.165, 1.54) is 32.9 Å². The zero-order chi connectivity index (χ0) is 14.7. The molecule has 2 heterocycles. The lowest BCUT2D eigenvalue weighted by Crippen LogP contribution is -2.13. The van der Waals surface area contributed by atoms with Crippen LogP contribution in [0.1, 0.15) is 38.9 Å². The van der Waals surface area contributed by atoms with Crippen LogP contribution < -0.4 is 11.1 Å². The Morgan fingerprint density at radius 2 is 2.15 bits per heavy atom. The first-order chi connectivity index (χ1) is 9.45. The molecule has 0 atom stereocenters. The molecule has 3 N–H and O–H groups in total. The molecule has 2 rings (SSSR count). The van der Waals surface area contributed by atoms with Crippen LogP contribution in [0, 0.1) is 5.92 Å². The Kier molecular flexibility index (Phi) is 4.51. The Bertz CT molecular complexity index is 631. The average molecular weight is 309 g/mol. The molecule has 5 nitrogen and oxygen atoms in total. The molecular weight excluding hydrogens is 294 g/mol. The second kappa shape index (κ2) is 6.15. The predicted octanol–water partition coefficient (Wildman–Crippen LogP) is 2.75. The first-order valence-corrected chi connectivity index (χ1v) is 7.80. The monoisotopic (exact) mass is 309 g/mol. The third-order valence-corrected chi connectivity index (χ3v) is 4.34. The summed E-state index contributed by atoms with van der Waals surface area (Å²) in [5.41, 5.74) is 5.28. The number of amides is 2. The number of thiazole rings is 1. The van der Waals surface area contributed by atoms with Crippen molar-refractivity contribution in [1.82, 2.24) is 4.98 Å². The van der Waals surface area contributed by atoms with Gasteiger partial charge in [0.1, 0.15) is 5.69 Å². The summed E-state index contributed by atoms with van der Waals surface area (Å²) in [6.45, 7) is 4.28. The molecule has 0 aliphatic heterocycles. The lowest BCUT2D eigenvalue weighted by Gasteiger charge is -2.00. The van der Waals surface area contributed by atoms with Crippen molar-refractivity contribution in [2.24, 2.45) is 11.7 Å². The number of carbonyl (C=O) groups excluding carboxylic acids is 2. The van der Waals surface area contributed by atoms with E-state index >= 15 is 0 Å². The van der Waals surface area contributed by atoms with Crippen LogP contribution in [-0.4, -0.2) is 16.8 Å². The van der Waals surface area contributed by atoms with E-state index in [4.69, 9.17) is 5.73 Å². The topological polar surface area (TPSA) is 85.1 Å². The number of nitrogens with one attached hydrogen (secondary N) is 1. The Morgan fingerprint density at radius 1 is 1.40 bits per heavy atom. The van der Waals surface area contributed by atoms with E-state index in [1.807, 2.05) is 6.07 Å². The van der Waals surface area contributed by atoms with Crippen molar-refractivity contribution in [3.63, 3.8) is 0 Å². The fraction of sp³-hybridized carbons (Fsp3) is 0.308. The van der Waals surface area contributed by atoms with Gasteiger partial charge in [-0.2, -0.15) is 0 Å². The van der Waals surface area contributed by atoms with Crippen LogP contribution >= 0.6 is 22.7 Å². The van der Waals surface area contributed by atoms with Crippen molar-refractivity contribution >= 4 is 39.6 Å². The van der Waals surface area contributed by atoms with Crippen molar-refractivity contribution in [1.29, 1.82) is 0 Å². The molecule has 2 aromatic heterocycles. The Balaban J connectivity index is 2.03. The summed E-state index contributed by atoms with van der Waals surface area (Å²) < 4.78 is 0. The van der Waals surface area contributed by atoms with Gasteiger partial charge in [0.15, 0.2) is 5.13 Å². The fourth-order valence-corrected chi connectivity index (χ4v) is 3.42. The molecule has 0 radical (unpaired) electrons. The second-order valence-electron chi connectivity index (χ2n) is 4.72. The van der Waals surface area contributed by atoms with Gasteiger partial charge < -0.3 is 5.73 Å². The predicted molar refractivity (Wildman–Crippen MR) is 81.4 cm³/mol. The van der Waals surface area contributed by atoms with Gasteiger partial charge in [0, 0.05) is 10.3 Å². The summed E-state index contributed by atoms with van der Waals surface area (Å²) in [6.07, 6.45) is 0.959. The number of aromatic nitrogens is 1. The first kappa shape index (κ1) is 14.7. The van der Waals surface area contributed by atoms with Crippen LogP contribution in [-0.2, 0) is 6.42 Å². The van der Waals surface area contributed by atoms with E-state index < -0.39 is 5.91 Å². The van der Waals surface area contributed by atoms with Gasteiger partial charge >= 0.3 is 0 Å². The van der Waals surface area contributed by atoms with Gasteiger partial charge in [-0.25, -0.2) is 4.98 Å². The number of carbonyl (C=O) groups is 2. The largest absolute Gasteiger partial charge is 0.364 e. The molecule has 2 aromatic rings. The lowest BCUT2D eigenvalue weighted by atomic mass is 10.1. The molecule has 0 spiro atoms. The van der Waals surface area contributed by atoms with E-state index in [9.17, 15) is 9.59 Å². The molecule has 7 heteroatoms. The van der Waals surface area contributed by atoms with E-state index in [-0.39, 0.29) is 11.6 Å². The number of anilines is 1. The van der Waals surface area contributed by atoms with Crippen molar-refractivity contribution < 1.29 is 9.59 Å². The van der Waals surface area contributed by atoms with E-state index in [0.29, 0.717) is 15.9 Å². The van der Waals surface area contributed by atoms with Crippen LogP contribution in [0.4, 0.5) is 5.13 Å². The van der Waals surface area contributed by atoms with Crippen molar-refractivity contribution in [2.45, 2.75) is 20.3 Å². The maximum atomic E-state index is 12.0. The first-order valence-electron chi connectivity index (χ1n) is 6.11. The molecule has 0 aliphatic rings. The Morgan fingerprint density at radius 3 is 2.75 bits per heavy atom. The van der Waals surface area contributed by atoms with Crippen LogP contribution in [0.25, 0.3) is 0 Å². The molecule has 0 aromatic carbocycles. The summed E-state index contributed by atoms with van der Waals surface area (Å²) in [7, 11) is 0. The quantitative estimate of drug-likeness (QED) is 0.890. The fourth-order valence-electron chi connectivity index (χ4n) is 1.62. The number of hydrogen-bond acceptors (Lipinski definition) is 5. The molecule has 0 bridgehead atoms. The highest BCUT2D eigenvalue weighted by Crippen LogP contribution is 2.22. The molecule has 0 saturated heterocycles. The zero-order valence-corrected chi connectivity index (χ0v) is 12.8. The van der Waals surface area contributed by atoms with Gasteiger partial charge in [0.2, 0.25) is 0 Å². The second-order valence-corrected chi connectivity index (χ2v) is 6.75. The van der Waals surface area contributed by atoms with Gasteiger partial charge in [0.25, 0.3) is 11.8 Å². The summed E-state index contributed by atoms with van der Waals surface area (Å²) in [5, 5.41) is 4.57. The van der Waals surface area contributed by atoms with E-state index in [1.54, 1.807) is 6.07 Å². The van der Waals surface area contributed by atoms with Crippen LogP contribution in [0.15, 0.2) is 17.5 Å².